The van der Waals surface area contributed by atoms with Crippen molar-refractivity contribution >= 4 is 63.3 Å². The van der Waals surface area contributed by atoms with Crippen molar-refractivity contribution in [2.75, 3.05) is 17.3 Å². The van der Waals surface area contributed by atoms with Gasteiger partial charge < -0.3 is 10.1 Å². The number of nitro benzene ring substituents is 1. The monoisotopic (exact) mass is 509 g/mol. The minimum absolute atomic E-state index is 0.107. The molecule has 2 amide bonds. The molecule has 1 N–H and O–H groups in total. The number of nitrogens with zero attached hydrogens (tertiary/aromatic N) is 2. The second-order valence-electron chi connectivity index (χ2n) is 7.22. The Morgan fingerprint density at radius 3 is 2.60 bits per heavy atom. The van der Waals surface area contributed by atoms with Gasteiger partial charge in [0.2, 0.25) is 0 Å². The van der Waals surface area contributed by atoms with Gasteiger partial charge in [-0.25, -0.2) is 4.39 Å². The number of nitro groups is 1. The van der Waals surface area contributed by atoms with E-state index >= 15 is 0 Å². The first kappa shape index (κ1) is 24.0. The molecule has 4 rings (SSSR count). The zero-order valence-electron chi connectivity index (χ0n) is 18.1. The molecule has 3 aromatic rings. The van der Waals surface area contributed by atoms with Gasteiger partial charge in [-0.15, -0.1) is 0 Å². The summed E-state index contributed by atoms with van der Waals surface area (Å²) in [5.41, 5.74) is 1.30. The smallest absolute Gasteiger partial charge is 0.311 e. The molecule has 35 heavy (non-hydrogen) atoms. The summed E-state index contributed by atoms with van der Waals surface area (Å²) in [7, 11) is 1.33. The first-order valence-electron chi connectivity index (χ1n) is 10.0. The van der Waals surface area contributed by atoms with Crippen molar-refractivity contribution in [1.82, 2.24) is 0 Å². The Morgan fingerprint density at radius 1 is 1.17 bits per heavy atom. The zero-order valence-corrected chi connectivity index (χ0v) is 19.7. The van der Waals surface area contributed by atoms with Crippen LogP contribution in [-0.2, 0) is 4.79 Å². The number of hydrogen-bond donors (Lipinski definition) is 1. The number of rotatable bonds is 6. The van der Waals surface area contributed by atoms with E-state index in [-0.39, 0.29) is 26.2 Å². The third kappa shape index (κ3) is 5.20. The number of benzene rings is 3. The van der Waals surface area contributed by atoms with Crippen LogP contribution in [0.15, 0.2) is 71.6 Å². The van der Waals surface area contributed by atoms with Gasteiger partial charge in [0, 0.05) is 17.3 Å². The fourth-order valence-corrected chi connectivity index (χ4v) is 4.60. The van der Waals surface area contributed by atoms with Crippen LogP contribution >= 0.6 is 24.0 Å². The van der Waals surface area contributed by atoms with Crippen LogP contribution in [0.1, 0.15) is 15.9 Å². The molecular weight excluding hydrogens is 493 g/mol. The Balaban J connectivity index is 1.58. The van der Waals surface area contributed by atoms with Crippen molar-refractivity contribution in [3.8, 4) is 5.75 Å². The highest BCUT2D eigenvalue weighted by atomic mass is 32.2. The minimum Gasteiger partial charge on any atom is -0.490 e. The van der Waals surface area contributed by atoms with Crippen molar-refractivity contribution in [3.63, 3.8) is 0 Å². The maximum absolute atomic E-state index is 13.1. The molecule has 11 heteroatoms. The van der Waals surface area contributed by atoms with E-state index in [1.807, 2.05) is 0 Å². The highest BCUT2D eigenvalue weighted by Crippen LogP contribution is 2.37. The third-order valence-corrected chi connectivity index (χ3v) is 6.26. The van der Waals surface area contributed by atoms with E-state index in [1.165, 1.54) is 60.6 Å². The van der Waals surface area contributed by atoms with Gasteiger partial charge in [0.05, 0.1) is 22.6 Å². The summed E-state index contributed by atoms with van der Waals surface area (Å²) in [6.45, 7) is 0. The number of carbonyl (C=O) groups excluding carboxylic acids is 2. The van der Waals surface area contributed by atoms with Gasteiger partial charge in [-0.1, -0.05) is 36.1 Å². The Bertz CT molecular complexity index is 1390. The van der Waals surface area contributed by atoms with Crippen LogP contribution in [0.3, 0.4) is 0 Å². The summed E-state index contributed by atoms with van der Waals surface area (Å²) in [6.07, 6.45) is 1.51. The van der Waals surface area contributed by atoms with Gasteiger partial charge in [-0.2, -0.15) is 0 Å². The quantitative estimate of drug-likeness (QED) is 0.205. The standard InChI is InChI=1S/C24H16FN3O5S2/c1-33-20-10-5-14(11-19(20)28(31)32)12-21-23(30)27(24(34)35-21)18-4-2-3-15(13-18)22(29)26-17-8-6-16(25)7-9-17/h2-13H,1H3,(H,26,29)/b21-12+. The molecule has 1 fully saturated rings. The average molecular weight is 510 g/mol. The summed E-state index contributed by atoms with van der Waals surface area (Å²) >= 11 is 6.43. The molecule has 0 unspecified atom stereocenters. The largest absolute Gasteiger partial charge is 0.490 e. The van der Waals surface area contributed by atoms with Crippen LogP contribution in [0.4, 0.5) is 21.5 Å². The van der Waals surface area contributed by atoms with Crippen molar-refractivity contribution < 1.29 is 23.6 Å². The molecule has 0 spiro atoms. The molecule has 0 atom stereocenters. The summed E-state index contributed by atoms with van der Waals surface area (Å²) < 4.78 is 18.4. The van der Waals surface area contributed by atoms with Crippen LogP contribution in [0, 0.1) is 15.9 Å². The number of nitrogens with one attached hydrogen (secondary N) is 1. The predicted molar refractivity (Wildman–Crippen MR) is 136 cm³/mol. The third-order valence-electron chi connectivity index (χ3n) is 4.96. The van der Waals surface area contributed by atoms with E-state index in [1.54, 1.807) is 24.3 Å². The lowest BCUT2D eigenvalue weighted by Crippen LogP contribution is -2.27. The molecule has 1 aliphatic heterocycles. The van der Waals surface area contributed by atoms with Crippen LogP contribution < -0.4 is 15.0 Å². The van der Waals surface area contributed by atoms with E-state index in [0.717, 1.165) is 11.8 Å². The lowest BCUT2D eigenvalue weighted by atomic mass is 10.1. The van der Waals surface area contributed by atoms with Crippen LogP contribution in [0.2, 0.25) is 0 Å². The molecular formula is C24H16FN3O5S2. The number of carbonyl (C=O) groups is 2. The predicted octanol–water partition coefficient (Wildman–Crippen LogP) is 5.40. The number of hydrogen-bond acceptors (Lipinski definition) is 7. The zero-order chi connectivity index (χ0) is 25.1. The lowest BCUT2D eigenvalue weighted by Gasteiger charge is -2.15. The number of methoxy groups -OCH3 is 1. The van der Waals surface area contributed by atoms with Gasteiger partial charge in [-0.05, 0) is 60.2 Å². The fourth-order valence-electron chi connectivity index (χ4n) is 3.30. The molecule has 0 bridgehead atoms. The molecule has 8 nitrogen and oxygen atoms in total. The Kier molecular flexibility index (Phi) is 6.90. The fraction of sp³-hybridized carbons (Fsp3) is 0.0417. The van der Waals surface area contributed by atoms with Gasteiger partial charge in [0.1, 0.15) is 5.82 Å². The van der Waals surface area contributed by atoms with Crippen LogP contribution in [0.25, 0.3) is 6.08 Å². The van der Waals surface area contributed by atoms with E-state index < -0.39 is 22.6 Å². The second kappa shape index (κ2) is 10.0. The second-order valence-corrected chi connectivity index (χ2v) is 8.89. The lowest BCUT2D eigenvalue weighted by molar-refractivity contribution is -0.385. The van der Waals surface area contributed by atoms with E-state index in [2.05, 4.69) is 5.32 Å². The Morgan fingerprint density at radius 2 is 1.91 bits per heavy atom. The molecule has 0 aliphatic carbocycles. The van der Waals surface area contributed by atoms with E-state index in [0.29, 0.717) is 16.9 Å². The number of thioether (sulfide) groups is 1. The van der Waals surface area contributed by atoms with Gasteiger partial charge >= 0.3 is 5.69 Å². The maximum atomic E-state index is 13.1. The van der Waals surface area contributed by atoms with Crippen LogP contribution in [0.5, 0.6) is 5.75 Å². The average Bonchev–Trinajstić information content (AvgIpc) is 3.12. The number of amides is 2. The summed E-state index contributed by atoms with van der Waals surface area (Å²) in [5.74, 6) is -1.17. The Hall–Kier alpha value is -4.09. The maximum Gasteiger partial charge on any atom is 0.311 e. The normalized spacial score (nSPS) is 14.3. The highest BCUT2D eigenvalue weighted by Gasteiger charge is 2.33. The number of thiocarbonyl (C=S) groups is 1. The molecule has 1 heterocycles. The van der Waals surface area contributed by atoms with Gasteiger partial charge in [-0.3, -0.25) is 24.6 Å². The number of halogens is 1. The van der Waals surface area contributed by atoms with Crippen molar-refractivity contribution in [2.24, 2.45) is 0 Å². The summed E-state index contributed by atoms with van der Waals surface area (Å²) in [5, 5.41) is 14.0. The summed E-state index contributed by atoms with van der Waals surface area (Å²) in [6, 6.07) is 16.0. The van der Waals surface area contributed by atoms with Crippen LogP contribution in [-0.4, -0.2) is 28.2 Å². The van der Waals surface area contributed by atoms with Crippen molar-refractivity contribution in [1.29, 1.82) is 0 Å². The first-order valence-corrected chi connectivity index (χ1v) is 11.3. The number of ether oxygens (including phenoxy) is 1. The molecule has 1 aliphatic rings. The van der Waals surface area contributed by atoms with Crippen molar-refractivity contribution in [3.05, 3.63) is 98.7 Å². The Labute approximate surface area is 208 Å². The SMILES string of the molecule is COc1ccc(/C=C2/SC(=S)N(c3cccc(C(=O)Nc4ccc(F)cc4)c3)C2=O)cc1[N+](=O)[O-]. The van der Waals surface area contributed by atoms with E-state index in [9.17, 15) is 24.1 Å². The molecule has 0 aromatic heterocycles. The molecule has 176 valence electrons. The highest BCUT2D eigenvalue weighted by molar-refractivity contribution is 8.27. The molecule has 0 saturated carbocycles. The van der Waals surface area contributed by atoms with Gasteiger partial charge in [0.25, 0.3) is 11.8 Å². The van der Waals surface area contributed by atoms with Gasteiger partial charge in [0.15, 0.2) is 10.1 Å². The summed E-state index contributed by atoms with van der Waals surface area (Å²) in [4.78, 5) is 38.1. The number of anilines is 2. The topological polar surface area (TPSA) is 102 Å². The van der Waals surface area contributed by atoms with Crippen molar-refractivity contribution in [2.45, 2.75) is 0 Å². The molecule has 3 aromatic carbocycles. The molecule has 0 radical (unpaired) electrons. The molecule has 1 saturated heterocycles. The van der Waals surface area contributed by atoms with E-state index in [4.69, 9.17) is 17.0 Å². The first-order chi connectivity index (χ1) is 16.8. The minimum atomic E-state index is -0.566.